The first-order valence-corrected chi connectivity index (χ1v) is 9.13. The molecule has 1 aliphatic heterocycles. The largest absolute Gasteiger partial charge is 0.373 e. The Morgan fingerprint density at radius 2 is 2.00 bits per heavy atom. The summed E-state index contributed by atoms with van der Waals surface area (Å²) in [6, 6.07) is 12.4. The highest BCUT2D eigenvalue weighted by Crippen LogP contribution is 2.32. The Morgan fingerprint density at radius 1 is 1.24 bits per heavy atom. The topological polar surface area (TPSA) is 42.4 Å². The molecule has 0 saturated heterocycles. The second kappa shape index (κ2) is 8.26. The molecule has 2 atom stereocenters. The molecule has 2 unspecified atom stereocenters. The van der Waals surface area contributed by atoms with Crippen molar-refractivity contribution < 1.29 is 9.53 Å². The number of benzene rings is 1. The summed E-state index contributed by atoms with van der Waals surface area (Å²) in [6.07, 6.45) is 5.64. The molecule has 0 fully saturated rings. The monoisotopic (exact) mass is 338 g/mol. The molecule has 4 heteroatoms. The molecule has 1 amide bonds. The van der Waals surface area contributed by atoms with Gasteiger partial charge in [-0.25, -0.2) is 0 Å². The van der Waals surface area contributed by atoms with E-state index in [1.807, 2.05) is 30.0 Å². The fourth-order valence-corrected chi connectivity index (χ4v) is 3.71. The Morgan fingerprint density at radius 3 is 2.72 bits per heavy atom. The van der Waals surface area contributed by atoms with E-state index in [2.05, 4.69) is 30.1 Å². The van der Waals surface area contributed by atoms with Gasteiger partial charge in [0.25, 0.3) is 0 Å². The quantitative estimate of drug-likeness (QED) is 0.797. The molecule has 0 N–H and O–H groups in total. The number of carbonyl (C=O) groups excluding carboxylic acids is 1. The second-order valence-electron chi connectivity index (χ2n) is 6.40. The van der Waals surface area contributed by atoms with E-state index in [9.17, 15) is 4.79 Å². The molecule has 0 bridgehead atoms. The average Bonchev–Trinajstić information content (AvgIpc) is 2.67. The van der Waals surface area contributed by atoms with Crippen LogP contribution in [0.25, 0.3) is 0 Å². The number of pyridine rings is 1. The predicted octanol–water partition coefficient (Wildman–Crippen LogP) is 4.09. The molecule has 2 heterocycles. The summed E-state index contributed by atoms with van der Waals surface area (Å²) in [5, 5.41) is 0. The van der Waals surface area contributed by atoms with Gasteiger partial charge >= 0.3 is 0 Å². The van der Waals surface area contributed by atoms with Crippen LogP contribution in [0.5, 0.6) is 0 Å². The normalized spacial score (nSPS) is 17.6. The summed E-state index contributed by atoms with van der Waals surface area (Å²) in [4.78, 5) is 19.1. The molecule has 1 aliphatic rings. The number of hydrogen-bond acceptors (Lipinski definition) is 3. The summed E-state index contributed by atoms with van der Waals surface area (Å²) in [7, 11) is 0. The zero-order chi connectivity index (χ0) is 17.6. The fraction of sp³-hybridized carbons (Fsp3) is 0.429. The van der Waals surface area contributed by atoms with E-state index < -0.39 is 0 Å². The number of amides is 1. The maximum absolute atomic E-state index is 13.1. The van der Waals surface area contributed by atoms with Crippen molar-refractivity contribution in [3.63, 3.8) is 0 Å². The molecule has 2 aromatic rings. The predicted molar refractivity (Wildman–Crippen MR) is 98.1 cm³/mol. The Bertz CT molecular complexity index is 702. The third-order valence-corrected chi connectivity index (χ3v) is 4.97. The molecule has 4 nitrogen and oxygen atoms in total. The number of hydrogen-bond donors (Lipinski definition) is 0. The van der Waals surface area contributed by atoms with Crippen molar-refractivity contribution in [2.75, 3.05) is 13.2 Å². The SMILES string of the molecule is CCC(c1ccncc1)N(CC)C(=O)CC1OCCc2ccccc21. The summed E-state index contributed by atoms with van der Waals surface area (Å²) >= 11 is 0. The van der Waals surface area contributed by atoms with E-state index in [4.69, 9.17) is 4.74 Å². The Hall–Kier alpha value is -2.20. The van der Waals surface area contributed by atoms with Gasteiger partial charge in [-0.3, -0.25) is 9.78 Å². The lowest BCUT2D eigenvalue weighted by molar-refractivity contribution is -0.137. The van der Waals surface area contributed by atoms with Crippen molar-refractivity contribution in [3.05, 3.63) is 65.5 Å². The first-order chi connectivity index (χ1) is 12.2. The molecule has 0 saturated carbocycles. The van der Waals surface area contributed by atoms with Gasteiger partial charge in [-0.1, -0.05) is 31.2 Å². The lowest BCUT2D eigenvalue weighted by Crippen LogP contribution is -2.36. The zero-order valence-electron chi connectivity index (χ0n) is 15.0. The van der Waals surface area contributed by atoms with Crippen molar-refractivity contribution in [3.8, 4) is 0 Å². The van der Waals surface area contributed by atoms with Crippen molar-refractivity contribution in [2.24, 2.45) is 0 Å². The summed E-state index contributed by atoms with van der Waals surface area (Å²) in [5.41, 5.74) is 3.60. The lowest BCUT2D eigenvalue weighted by Gasteiger charge is -2.33. The molecule has 0 spiro atoms. The first kappa shape index (κ1) is 17.6. The Labute approximate surface area is 149 Å². The summed E-state index contributed by atoms with van der Waals surface area (Å²) < 4.78 is 5.93. The highest BCUT2D eigenvalue weighted by atomic mass is 16.5. The number of rotatable bonds is 6. The van der Waals surface area contributed by atoms with Crippen LogP contribution in [-0.4, -0.2) is 28.9 Å². The number of carbonyl (C=O) groups is 1. The average molecular weight is 338 g/mol. The van der Waals surface area contributed by atoms with E-state index in [1.54, 1.807) is 12.4 Å². The molecule has 132 valence electrons. The highest BCUT2D eigenvalue weighted by Gasteiger charge is 2.28. The number of ether oxygens (including phenoxy) is 1. The maximum Gasteiger partial charge on any atom is 0.226 e. The van der Waals surface area contributed by atoms with Gasteiger partial charge in [-0.15, -0.1) is 0 Å². The van der Waals surface area contributed by atoms with E-state index in [-0.39, 0.29) is 18.1 Å². The van der Waals surface area contributed by atoms with Gasteiger partial charge < -0.3 is 9.64 Å². The molecular formula is C21H26N2O2. The standard InChI is InChI=1S/C21H26N2O2/c1-3-19(17-9-12-22-13-10-17)23(4-2)21(24)15-20-18-8-6-5-7-16(18)11-14-25-20/h5-10,12-13,19-20H,3-4,11,14-15H2,1-2H3. The van der Waals surface area contributed by atoms with Crippen molar-refractivity contribution in [2.45, 2.75) is 45.3 Å². The number of fused-ring (bicyclic) bond motifs is 1. The molecule has 0 aliphatic carbocycles. The summed E-state index contributed by atoms with van der Waals surface area (Å²) in [6.45, 7) is 5.53. The van der Waals surface area contributed by atoms with Gasteiger partial charge in [-0.2, -0.15) is 0 Å². The molecule has 3 rings (SSSR count). The van der Waals surface area contributed by atoms with Crippen LogP contribution in [0.1, 0.15) is 55.5 Å². The lowest BCUT2D eigenvalue weighted by atomic mass is 9.95. The van der Waals surface area contributed by atoms with Crippen LogP contribution in [0, 0.1) is 0 Å². The van der Waals surface area contributed by atoms with Gasteiger partial charge in [0, 0.05) is 18.9 Å². The van der Waals surface area contributed by atoms with Crippen LogP contribution in [0.2, 0.25) is 0 Å². The van der Waals surface area contributed by atoms with Crippen LogP contribution in [0.4, 0.5) is 0 Å². The fourth-order valence-electron chi connectivity index (χ4n) is 3.71. The van der Waals surface area contributed by atoms with Crippen LogP contribution in [0.15, 0.2) is 48.8 Å². The van der Waals surface area contributed by atoms with Crippen LogP contribution in [-0.2, 0) is 16.0 Å². The minimum absolute atomic E-state index is 0.0827. The molecule has 1 aromatic carbocycles. The molecular weight excluding hydrogens is 312 g/mol. The van der Waals surface area contributed by atoms with Crippen LogP contribution >= 0.6 is 0 Å². The molecule has 25 heavy (non-hydrogen) atoms. The third kappa shape index (κ3) is 3.90. The zero-order valence-corrected chi connectivity index (χ0v) is 15.0. The van der Waals surface area contributed by atoms with Crippen molar-refractivity contribution in [1.82, 2.24) is 9.88 Å². The molecule has 1 aromatic heterocycles. The van der Waals surface area contributed by atoms with Gasteiger partial charge in [0.15, 0.2) is 0 Å². The smallest absolute Gasteiger partial charge is 0.226 e. The second-order valence-corrected chi connectivity index (χ2v) is 6.40. The first-order valence-electron chi connectivity index (χ1n) is 9.13. The molecule has 0 radical (unpaired) electrons. The van der Waals surface area contributed by atoms with Gasteiger partial charge in [-0.05, 0) is 48.6 Å². The third-order valence-electron chi connectivity index (χ3n) is 4.97. The van der Waals surface area contributed by atoms with Crippen molar-refractivity contribution in [1.29, 1.82) is 0 Å². The van der Waals surface area contributed by atoms with Crippen LogP contribution in [0.3, 0.4) is 0 Å². The van der Waals surface area contributed by atoms with E-state index in [1.165, 1.54) is 5.56 Å². The number of nitrogens with zero attached hydrogens (tertiary/aromatic N) is 2. The Balaban J connectivity index is 1.77. The number of aromatic nitrogens is 1. The van der Waals surface area contributed by atoms with E-state index >= 15 is 0 Å². The highest BCUT2D eigenvalue weighted by molar-refractivity contribution is 5.77. The minimum atomic E-state index is -0.138. The summed E-state index contributed by atoms with van der Waals surface area (Å²) in [5.74, 6) is 0.146. The Kier molecular flexibility index (Phi) is 5.82. The van der Waals surface area contributed by atoms with Gasteiger partial charge in [0.1, 0.15) is 0 Å². The van der Waals surface area contributed by atoms with Gasteiger partial charge in [0.05, 0.1) is 25.2 Å². The van der Waals surface area contributed by atoms with Crippen LogP contribution < -0.4 is 0 Å². The van der Waals surface area contributed by atoms with Crippen molar-refractivity contribution >= 4 is 5.91 Å². The van der Waals surface area contributed by atoms with E-state index in [0.717, 1.165) is 24.0 Å². The maximum atomic E-state index is 13.1. The minimum Gasteiger partial charge on any atom is -0.373 e. The van der Waals surface area contributed by atoms with E-state index in [0.29, 0.717) is 19.6 Å². The van der Waals surface area contributed by atoms with Gasteiger partial charge in [0.2, 0.25) is 5.91 Å².